The van der Waals surface area contributed by atoms with Crippen LogP contribution >= 0.6 is 0 Å². The lowest BCUT2D eigenvalue weighted by atomic mass is 10.1. The number of carbonyl (C=O) groups excluding carboxylic acids is 1. The van der Waals surface area contributed by atoms with E-state index in [1.165, 1.54) is 4.31 Å². The number of nitrogens with zero attached hydrogens (tertiary/aromatic N) is 1. The second kappa shape index (κ2) is 9.66. The Bertz CT molecular complexity index is 1130. The molecular formula is C24H26N2O4S. The summed E-state index contributed by atoms with van der Waals surface area (Å²) in [4.78, 5) is 13.0. The first-order valence-corrected chi connectivity index (χ1v) is 11.8. The third kappa shape index (κ3) is 5.86. The number of carbonyl (C=O) groups is 1. The van der Waals surface area contributed by atoms with Gasteiger partial charge in [-0.1, -0.05) is 37.3 Å². The van der Waals surface area contributed by atoms with Gasteiger partial charge in [-0.2, -0.15) is 0 Å². The fourth-order valence-corrected chi connectivity index (χ4v) is 4.49. The summed E-state index contributed by atoms with van der Waals surface area (Å²) < 4.78 is 32.0. The number of nitrogens with one attached hydrogen (secondary N) is 1. The molecule has 3 aromatic carbocycles. The first-order chi connectivity index (χ1) is 14.8. The number of hydrogen-bond donors (Lipinski definition) is 1. The number of hydrogen-bond acceptors (Lipinski definition) is 4. The first kappa shape index (κ1) is 22.4. The van der Waals surface area contributed by atoms with E-state index in [1.54, 1.807) is 49.4 Å². The van der Waals surface area contributed by atoms with Gasteiger partial charge >= 0.3 is 0 Å². The molecule has 0 saturated carbocycles. The van der Waals surface area contributed by atoms with E-state index in [0.717, 1.165) is 11.8 Å². The number of aryl methyl sites for hydroxylation is 1. The van der Waals surface area contributed by atoms with Crippen molar-refractivity contribution in [3.63, 3.8) is 0 Å². The summed E-state index contributed by atoms with van der Waals surface area (Å²) in [7, 11) is -3.67. The second-order valence-electron chi connectivity index (χ2n) is 7.25. The summed E-state index contributed by atoms with van der Waals surface area (Å²) in [5, 5.41) is 2.82. The Morgan fingerprint density at radius 1 is 0.968 bits per heavy atom. The average molecular weight is 439 g/mol. The minimum absolute atomic E-state index is 0.321. The maximum Gasteiger partial charge on any atom is 0.248 e. The maximum absolute atomic E-state index is 13.0. The number of amides is 1. The molecule has 31 heavy (non-hydrogen) atoms. The number of para-hydroxylation sites is 1. The van der Waals surface area contributed by atoms with Crippen molar-refractivity contribution in [1.29, 1.82) is 0 Å². The van der Waals surface area contributed by atoms with Crippen molar-refractivity contribution in [2.45, 2.75) is 26.3 Å². The van der Waals surface area contributed by atoms with E-state index in [2.05, 4.69) is 5.32 Å². The molecule has 162 valence electrons. The summed E-state index contributed by atoms with van der Waals surface area (Å²) >= 11 is 0. The van der Waals surface area contributed by atoms with Crippen LogP contribution < -0.4 is 14.4 Å². The lowest BCUT2D eigenvalue weighted by molar-refractivity contribution is -0.117. The lowest BCUT2D eigenvalue weighted by Gasteiger charge is -2.30. The Balaban J connectivity index is 1.78. The molecule has 0 bridgehead atoms. The zero-order valence-corrected chi connectivity index (χ0v) is 18.6. The molecule has 0 radical (unpaired) electrons. The molecule has 1 amide bonds. The number of anilines is 2. The standard InChI is InChI=1S/C24H26N2O4S/c1-4-23(26(31(3,28)29)20-10-8-9-18(2)17-20)24(27)25-19-13-15-22(16-14-19)30-21-11-6-5-7-12-21/h5-17,23H,4H2,1-3H3,(H,25,27). The van der Waals surface area contributed by atoms with Gasteiger partial charge in [-0.3, -0.25) is 9.10 Å². The quantitative estimate of drug-likeness (QED) is 0.539. The van der Waals surface area contributed by atoms with Crippen molar-refractivity contribution in [2.75, 3.05) is 15.9 Å². The van der Waals surface area contributed by atoms with E-state index in [0.29, 0.717) is 29.3 Å². The van der Waals surface area contributed by atoms with Crippen molar-refractivity contribution in [2.24, 2.45) is 0 Å². The van der Waals surface area contributed by atoms with Gasteiger partial charge in [0, 0.05) is 5.69 Å². The molecule has 0 heterocycles. The van der Waals surface area contributed by atoms with Crippen molar-refractivity contribution in [1.82, 2.24) is 0 Å². The molecular weight excluding hydrogens is 412 g/mol. The Labute approximate surface area is 183 Å². The van der Waals surface area contributed by atoms with Gasteiger partial charge in [-0.05, 0) is 67.4 Å². The topological polar surface area (TPSA) is 75.7 Å². The first-order valence-electron chi connectivity index (χ1n) is 9.98. The van der Waals surface area contributed by atoms with Crippen LogP contribution in [0.4, 0.5) is 11.4 Å². The average Bonchev–Trinajstić information content (AvgIpc) is 2.73. The van der Waals surface area contributed by atoms with Crippen LogP contribution in [0, 0.1) is 6.92 Å². The van der Waals surface area contributed by atoms with Gasteiger partial charge < -0.3 is 10.1 Å². The van der Waals surface area contributed by atoms with Crippen LogP contribution in [0.15, 0.2) is 78.9 Å². The van der Waals surface area contributed by atoms with Gasteiger partial charge in [-0.15, -0.1) is 0 Å². The lowest BCUT2D eigenvalue weighted by Crippen LogP contribution is -2.47. The van der Waals surface area contributed by atoms with Crippen molar-refractivity contribution in [3.8, 4) is 11.5 Å². The monoisotopic (exact) mass is 438 g/mol. The van der Waals surface area contributed by atoms with Crippen LogP contribution in [0.3, 0.4) is 0 Å². The van der Waals surface area contributed by atoms with Crippen LogP contribution in [0.5, 0.6) is 11.5 Å². The summed E-state index contributed by atoms with van der Waals surface area (Å²) in [5.74, 6) is 0.951. The van der Waals surface area contributed by atoms with Crippen LogP contribution in [0.2, 0.25) is 0 Å². The molecule has 6 nitrogen and oxygen atoms in total. The van der Waals surface area contributed by atoms with Gasteiger partial charge in [0.15, 0.2) is 0 Å². The molecule has 0 aliphatic carbocycles. The Morgan fingerprint density at radius 3 is 2.19 bits per heavy atom. The fourth-order valence-electron chi connectivity index (χ4n) is 3.28. The molecule has 1 unspecified atom stereocenters. The number of ether oxygens (including phenoxy) is 1. The van der Waals surface area contributed by atoms with Crippen LogP contribution in [0.1, 0.15) is 18.9 Å². The number of benzene rings is 3. The Hall–Kier alpha value is -3.32. The van der Waals surface area contributed by atoms with Gasteiger partial charge in [0.1, 0.15) is 17.5 Å². The van der Waals surface area contributed by atoms with E-state index >= 15 is 0 Å². The predicted octanol–water partition coefficient (Wildman–Crippen LogP) is 4.97. The van der Waals surface area contributed by atoms with E-state index in [9.17, 15) is 13.2 Å². The smallest absolute Gasteiger partial charge is 0.248 e. The Kier molecular flexibility index (Phi) is 6.97. The molecule has 3 rings (SSSR count). The number of sulfonamides is 1. The minimum atomic E-state index is -3.67. The molecule has 7 heteroatoms. The highest BCUT2D eigenvalue weighted by molar-refractivity contribution is 7.92. The Morgan fingerprint density at radius 2 is 1.61 bits per heavy atom. The summed E-state index contributed by atoms with van der Waals surface area (Å²) in [6, 6.07) is 22.6. The summed E-state index contributed by atoms with van der Waals surface area (Å²) in [6.07, 6.45) is 1.43. The zero-order valence-electron chi connectivity index (χ0n) is 17.8. The van der Waals surface area contributed by atoms with Gasteiger partial charge in [0.05, 0.1) is 11.9 Å². The van der Waals surface area contributed by atoms with Crippen molar-refractivity contribution < 1.29 is 17.9 Å². The van der Waals surface area contributed by atoms with Crippen molar-refractivity contribution >= 4 is 27.3 Å². The highest BCUT2D eigenvalue weighted by Gasteiger charge is 2.31. The van der Waals surface area contributed by atoms with Crippen LogP contribution in [0.25, 0.3) is 0 Å². The molecule has 0 fully saturated rings. The van der Waals surface area contributed by atoms with Gasteiger partial charge in [0.2, 0.25) is 15.9 Å². The molecule has 0 saturated heterocycles. The fraction of sp³-hybridized carbons (Fsp3) is 0.208. The van der Waals surface area contributed by atoms with E-state index in [-0.39, 0.29) is 0 Å². The third-order valence-electron chi connectivity index (χ3n) is 4.69. The van der Waals surface area contributed by atoms with Gasteiger partial charge in [0.25, 0.3) is 0 Å². The molecule has 0 aliphatic rings. The molecule has 0 aromatic heterocycles. The van der Waals surface area contributed by atoms with Gasteiger partial charge in [-0.25, -0.2) is 8.42 Å². The highest BCUT2D eigenvalue weighted by atomic mass is 32.2. The van der Waals surface area contributed by atoms with E-state index in [1.807, 2.05) is 43.3 Å². The summed E-state index contributed by atoms with van der Waals surface area (Å²) in [5.41, 5.74) is 1.94. The highest BCUT2D eigenvalue weighted by Crippen LogP contribution is 2.26. The van der Waals surface area contributed by atoms with Crippen LogP contribution in [-0.4, -0.2) is 26.6 Å². The minimum Gasteiger partial charge on any atom is -0.457 e. The predicted molar refractivity (Wildman–Crippen MR) is 124 cm³/mol. The molecule has 0 spiro atoms. The van der Waals surface area contributed by atoms with Crippen LogP contribution in [-0.2, 0) is 14.8 Å². The third-order valence-corrected chi connectivity index (χ3v) is 5.87. The molecule has 1 N–H and O–H groups in total. The number of rotatable bonds is 8. The van der Waals surface area contributed by atoms with E-state index in [4.69, 9.17) is 4.74 Å². The van der Waals surface area contributed by atoms with E-state index < -0.39 is 22.0 Å². The molecule has 0 aliphatic heterocycles. The maximum atomic E-state index is 13.0. The SMILES string of the molecule is CCC(C(=O)Nc1ccc(Oc2ccccc2)cc1)N(c1cccc(C)c1)S(C)(=O)=O. The zero-order chi connectivity index (χ0) is 22.4. The van der Waals surface area contributed by atoms with Crippen molar-refractivity contribution in [3.05, 3.63) is 84.4 Å². The molecule has 1 atom stereocenters. The normalized spacial score (nSPS) is 12.1. The summed E-state index contributed by atoms with van der Waals surface area (Å²) in [6.45, 7) is 3.67. The molecule has 3 aromatic rings. The largest absolute Gasteiger partial charge is 0.457 e. The second-order valence-corrected chi connectivity index (χ2v) is 9.11.